The molecular formula is C17H20N2O3S. The minimum Gasteiger partial charge on any atom is -0.388 e. The maximum absolute atomic E-state index is 12.8. The summed E-state index contributed by atoms with van der Waals surface area (Å²) < 4.78 is 27.0. The summed E-state index contributed by atoms with van der Waals surface area (Å²) in [7, 11) is -3.56. The molecule has 0 amide bonds. The summed E-state index contributed by atoms with van der Waals surface area (Å²) in [5.74, 6) is 0. The van der Waals surface area contributed by atoms with E-state index in [0.717, 1.165) is 18.4 Å². The first-order valence-electron chi connectivity index (χ1n) is 7.74. The highest BCUT2D eigenvalue weighted by atomic mass is 32.2. The molecule has 1 aromatic carbocycles. The third-order valence-corrected chi connectivity index (χ3v) is 6.18. The van der Waals surface area contributed by atoms with Crippen LogP contribution in [0.1, 0.15) is 30.9 Å². The van der Waals surface area contributed by atoms with Gasteiger partial charge in [0.2, 0.25) is 10.0 Å². The fourth-order valence-electron chi connectivity index (χ4n) is 3.07. The number of pyridine rings is 1. The summed E-state index contributed by atoms with van der Waals surface area (Å²) in [4.78, 5) is 4.11. The molecule has 2 heterocycles. The van der Waals surface area contributed by atoms with Crippen molar-refractivity contribution in [3.05, 3.63) is 60.4 Å². The molecule has 1 aliphatic heterocycles. The van der Waals surface area contributed by atoms with Gasteiger partial charge in [-0.2, -0.15) is 4.31 Å². The second-order valence-electron chi connectivity index (χ2n) is 5.76. The van der Waals surface area contributed by atoms with Gasteiger partial charge < -0.3 is 5.11 Å². The Balaban J connectivity index is 1.78. The number of nitrogens with zero attached hydrogens (tertiary/aromatic N) is 2. The molecule has 23 heavy (non-hydrogen) atoms. The zero-order chi connectivity index (χ0) is 16.3. The highest BCUT2D eigenvalue weighted by Crippen LogP contribution is 2.31. The first-order valence-corrected chi connectivity index (χ1v) is 9.18. The standard InChI is InChI=1S/C17H20N2O3S/c20-17(14-6-2-1-3-7-14)12-15-8-5-11-19(15)23(21,22)16-9-4-10-18-13-16/h1-4,6-7,9-10,13,15,17,20H,5,8,11-12H2. The van der Waals surface area contributed by atoms with E-state index in [-0.39, 0.29) is 10.9 Å². The summed E-state index contributed by atoms with van der Waals surface area (Å²) >= 11 is 0. The van der Waals surface area contributed by atoms with Crippen molar-refractivity contribution >= 4 is 10.0 Å². The fourth-order valence-corrected chi connectivity index (χ4v) is 4.73. The number of rotatable bonds is 5. The van der Waals surface area contributed by atoms with E-state index in [1.165, 1.54) is 10.5 Å². The van der Waals surface area contributed by atoms with Crippen LogP contribution in [0.3, 0.4) is 0 Å². The van der Waals surface area contributed by atoms with E-state index in [0.29, 0.717) is 13.0 Å². The van der Waals surface area contributed by atoms with Crippen molar-refractivity contribution in [1.82, 2.24) is 9.29 Å². The normalized spacial score (nSPS) is 20.5. The van der Waals surface area contributed by atoms with Crippen LogP contribution >= 0.6 is 0 Å². The Morgan fingerprint density at radius 3 is 2.70 bits per heavy atom. The Kier molecular flexibility index (Phi) is 4.75. The van der Waals surface area contributed by atoms with E-state index in [1.54, 1.807) is 18.3 Å². The van der Waals surface area contributed by atoms with Crippen LogP contribution in [0.2, 0.25) is 0 Å². The lowest BCUT2D eigenvalue weighted by atomic mass is 10.0. The van der Waals surface area contributed by atoms with Gasteiger partial charge in [-0.3, -0.25) is 4.98 Å². The van der Waals surface area contributed by atoms with Gasteiger partial charge in [-0.25, -0.2) is 8.42 Å². The maximum atomic E-state index is 12.8. The predicted molar refractivity (Wildman–Crippen MR) is 87.2 cm³/mol. The number of benzene rings is 1. The van der Waals surface area contributed by atoms with E-state index in [9.17, 15) is 13.5 Å². The van der Waals surface area contributed by atoms with Crippen molar-refractivity contribution in [2.45, 2.75) is 36.3 Å². The topological polar surface area (TPSA) is 70.5 Å². The Hall–Kier alpha value is -1.76. The van der Waals surface area contributed by atoms with E-state index in [4.69, 9.17) is 0 Å². The molecule has 1 aliphatic rings. The first kappa shape index (κ1) is 16.1. The molecule has 0 radical (unpaired) electrons. The van der Waals surface area contributed by atoms with Crippen molar-refractivity contribution < 1.29 is 13.5 Å². The molecule has 122 valence electrons. The van der Waals surface area contributed by atoms with Gasteiger partial charge in [-0.1, -0.05) is 30.3 Å². The molecule has 2 unspecified atom stereocenters. The van der Waals surface area contributed by atoms with Crippen LogP contribution in [-0.2, 0) is 10.0 Å². The number of aromatic nitrogens is 1. The Morgan fingerprint density at radius 1 is 1.22 bits per heavy atom. The third-order valence-electron chi connectivity index (χ3n) is 4.24. The molecule has 0 aliphatic carbocycles. The van der Waals surface area contributed by atoms with Crippen molar-refractivity contribution in [2.75, 3.05) is 6.54 Å². The van der Waals surface area contributed by atoms with Crippen LogP contribution in [0.25, 0.3) is 0 Å². The maximum Gasteiger partial charge on any atom is 0.244 e. The van der Waals surface area contributed by atoms with Gasteiger partial charge >= 0.3 is 0 Å². The molecule has 3 rings (SSSR count). The Morgan fingerprint density at radius 2 is 2.00 bits per heavy atom. The summed E-state index contributed by atoms with van der Waals surface area (Å²) in [5, 5.41) is 10.4. The number of hydrogen-bond donors (Lipinski definition) is 1. The van der Waals surface area contributed by atoms with Gasteiger partial charge in [0.05, 0.1) is 6.10 Å². The Bertz CT molecular complexity index is 735. The van der Waals surface area contributed by atoms with Crippen LogP contribution < -0.4 is 0 Å². The molecular weight excluding hydrogens is 312 g/mol. The summed E-state index contributed by atoms with van der Waals surface area (Å²) in [6, 6.07) is 12.4. The average molecular weight is 332 g/mol. The van der Waals surface area contributed by atoms with Gasteiger partial charge in [0.1, 0.15) is 4.90 Å². The molecule has 1 N–H and O–H groups in total. The van der Waals surface area contributed by atoms with Gasteiger partial charge in [0, 0.05) is 25.0 Å². The molecule has 2 atom stereocenters. The number of aliphatic hydroxyl groups is 1. The molecule has 0 saturated carbocycles. The molecule has 1 saturated heterocycles. The number of hydrogen-bond acceptors (Lipinski definition) is 4. The summed E-state index contributed by atoms with van der Waals surface area (Å²) in [6.07, 6.45) is 4.25. The zero-order valence-corrected chi connectivity index (χ0v) is 13.6. The van der Waals surface area contributed by atoms with Crippen LogP contribution in [0, 0.1) is 0 Å². The summed E-state index contributed by atoms with van der Waals surface area (Å²) in [6.45, 7) is 0.489. The van der Waals surface area contributed by atoms with Crippen molar-refractivity contribution in [3.8, 4) is 0 Å². The lowest BCUT2D eigenvalue weighted by molar-refractivity contribution is 0.142. The first-order chi connectivity index (χ1) is 11.1. The Labute approximate surface area is 136 Å². The van der Waals surface area contributed by atoms with Crippen molar-refractivity contribution in [2.24, 2.45) is 0 Å². The van der Waals surface area contributed by atoms with Gasteiger partial charge in [-0.05, 0) is 37.0 Å². The average Bonchev–Trinajstić information content (AvgIpc) is 3.05. The molecule has 1 aromatic heterocycles. The molecule has 0 bridgehead atoms. The van der Waals surface area contributed by atoms with E-state index in [2.05, 4.69) is 4.98 Å². The monoisotopic (exact) mass is 332 g/mol. The van der Waals surface area contributed by atoms with E-state index in [1.807, 2.05) is 30.3 Å². The van der Waals surface area contributed by atoms with E-state index >= 15 is 0 Å². The molecule has 2 aromatic rings. The van der Waals surface area contributed by atoms with Gasteiger partial charge in [-0.15, -0.1) is 0 Å². The molecule has 5 nitrogen and oxygen atoms in total. The molecule has 6 heteroatoms. The predicted octanol–water partition coefficient (Wildman–Crippen LogP) is 2.36. The largest absolute Gasteiger partial charge is 0.388 e. The second kappa shape index (κ2) is 6.78. The van der Waals surface area contributed by atoms with Crippen molar-refractivity contribution in [1.29, 1.82) is 0 Å². The van der Waals surface area contributed by atoms with Gasteiger partial charge in [0.15, 0.2) is 0 Å². The quantitative estimate of drug-likeness (QED) is 0.912. The van der Waals surface area contributed by atoms with Crippen LogP contribution in [0.5, 0.6) is 0 Å². The fraction of sp³-hybridized carbons (Fsp3) is 0.353. The number of sulfonamides is 1. The summed E-state index contributed by atoms with van der Waals surface area (Å²) in [5.41, 5.74) is 0.818. The lowest BCUT2D eigenvalue weighted by Gasteiger charge is -2.26. The molecule has 1 fully saturated rings. The van der Waals surface area contributed by atoms with Crippen LogP contribution in [0.15, 0.2) is 59.8 Å². The van der Waals surface area contributed by atoms with Crippen molar-refractivity contribution in [3.63, 3.8) is 0 Å². The number of aliphatic hydroxyl groups excluding tert-OH is 1. The minimum atomic E-state index is -3.56. The second-order valence-corrected chi connectivity index (χ2v) is 7.65. The van der Waals surface area contributed by atoms with Crippen LogP contribution in [0.4, 0.5) is 0 Å². The van der Waals surface area contributed by atoms with Gasteiger partial charge in [0.25, 0.3) is 0 Å². The smallest absolute Gasteiger partial charge is 0.244 e. The SMILES string of the molecule is O=S(=O)(c1cccnc1)N1CCCC1CC(O)c1ccccc1. The van der Waals surface area contributed by atoms with Crippen LogP contribution in [-0.4, -0.2) is 35.4 Å². The highest BCUT2D eigenvalue weighted by Gasteiger charge is 2.36. The zero-order valence-electron chi connectivity index (χ0n) is 12.7. The molecule has 0 spiro atoms. The minimum absolute atomic E-state index is 0.185. The van der Waals surface area contributed by atoms with E-state index < -0.39 is 16.1 Å². The third kappa shape index (κ3) is 3.44. The highest BCUT2D eigenvalue weighted by molar-refractivity contribution is 7.89. The lowest BCUT2D eigenvalue weighted by Crippen LogP contribution is -2.36.